The Morgan fingerprint density at radius 2 is 1.73 bits per heavy atom. The molecule has 0 aromatic heterocycles. The molecule has 4 nitrogen and oxygen atoms in total. The molecule has 2 heterocycles. The lowest BCUT2D eigenvalue weighted by molar-refractivity contribution is -0.119. The normalized spacial score (nSPS) is 18.6. The average molecular weight is 350 g/mol. The quantitative estimate of drug-likeness (QED) is 0.799. The first-order valence-corrected chi connectivity index (χ1v) is 9.62. The highest BCUT2D eigenvalue weighted by atomic mass is 16.5. The number of benzene rings is 2. The molecular formula is C22H26N2O2. The topological polar surface area (TPSA) is 32.8 Å². The van der Waals surface area contributed by atoms with E-state index in [1.54, 1.807) is 0 Å². The summed E-state index contributed by atoms with van der Waals surface area (Å²) in [7, 11) is 0. The summed E-state index contributed by atoms with van der Waals surface area (Å²) in [5.41, 5.74) is 2.38. The Morgan fingerprint density at radius 3 is 2.54 bits per heavy atom. The molecule has 4 heteroatoms. The highest BCUT2D eigenvalue weighted by Gasteiger charge is 2.28. The van der Waals surface area contributed by atoms with Crippen LogP contribution in [0.25, 0.3) is 0 Å². The van der Waals surface area contributed by atoms with E-state index in [1.807, 2.05) is 41.3 Å². The van der Waals surface area contributed by atoms with Gasteiger partial charge in [-0.2, -0.15) is 0 Å². The number of carbonyl (C=O) groups is 1. The van der Waals surface area contributed by atoms with E-state index in [0.29, 0.717) is 6.42 Å². The summed E-state index contributed by atoms with van der Waals surface area (Å²) in [5, 5.41) is 0. The lowest BCUT2D eigenvalue weighted by atomic mass is 10.0. The number of para-hydroxylation sites is 2. The molecule has 0 N–H and O–H groups in total. The molecule has 2 aliphatic heterocycles. The molecular weight excluding hydrogens is 324 g/mol. The first-order chi connectivity index (χ1) is 12.8. The van der Waals surface area contributed by atoms with Gasteiger partial charge in [-0.1, -0.05) is 36.4 Å². The maximum Gasteiger partial charge on any atom is 0.226 e. The Labute approximate surface area is 155 Å². The van der Waals surface area contributed by atoms with E-state index in [2.05, 4.69) is 23.1 Å². The van der Waals surface area contributed by atoms with Gasteiger partial charge in [-0.15, -0.1) is 0 Å². The van der Waals surface area contributed by atoms with Crippen LogP contribution in [0.4, 0.5) is 5.69 Å². The van der Waals surface area contributed by atoms with Crippen LogP contribution in [0.2, 0.25) is 0 Å². The minimum Gasteiger partial charge on any atom is -0.488 e. The predicted molar refractivity (Wildman–Crippen MR) is 104 cm³/mol. The molecule has 0 spiro atoms. The zero-order valence-electron chi connectivity index (χ0n) is 15.1. The van der Waals surface area contributed by atoms with Crippen LogP contribution in [0.1, 0.15) is 24.8 Å². The molecule has 136 valence electrons. The Morgan fingerprint density at radius 1 is 0.962 bits per heavy atom. The van der Waals surface area contributed by atoms with Crippen molar-refractivity contribution in [1.29, 1.82) is 0 Å². The zero-order chi connectivity index (χ0) is 17.8. The number of hydrogen-bond acceptors (Lipinski definition) is 3. The molecule has 2 saturated heterocycles. The van der Waals surface area contributed by atoms with Gasteiger partial charge in [0, 0.05) is 38.3 Å². The molecule has 0 unspecified atom stereocenters. The molecule has 0 radical (unpaired) electrons. The molecule has 4 rings (SSSR count). The highest BCUT2D eigenvalue weighted by molar-refractivity contribution is 5.94. The predicted octanol–water partition coefficient (Wildman–Crippen LogP) is 3.51. The van der Waals surface area contributed by atoms with Gasteiger partial charge in [0.05, 0.1) is 0 Å². The summed E-state index contributed by atoms with van der Waals surface area (Å²) in [4.78, 5) is 16.7. The monoisotopic (exact) mass is 350 g/mol. The molecule has 0 saturated carbocycles. The van der Waals surface area contributed by atoms with Gasteiger partial charge in [0.15, 0.2) is 0 Å². The van der Waals surface area contributed by atoms with Crippen molar-refractivity contribution in [1.82, 2.24) is 4.90 Å². The fourth-order valence-electron chi connectivity index (χ4n) is 3.80. The standard InChI is InChI=1S/C22H26N2O2/c25-22-12-6-7-14-24(22)21-11-5-4-8-18(21)13-15-23-16-20(17-23)26-19-9-2-1-3-10-19/h1-5,8-11,20H,6-7,12-17H2. The highest BCUT2D eigenvalue weighted by Crippen LogP contribution is 2.26. The average Bonchev–Trinajstić information content (AvgIpc) is 2.65. The Balaban J connectivity index is 1.30. The fraction of sp³-hybridized carbons (Fsp3) is 0.409. The lowest BCUT2D eigenvalue weighted by Gasteiger charge is -2.39. The number of nitrogens with zero attached hydrogens (tertiary/aromatic N) is 2. The largest absolute Gasteiger partial charge is 0.488 e. The maximum absolute atomic E-state index is 12.3. The van der Waals surface area contributed by atoms with E-state index in [9.17, 15) is 4.79 Å². The van der Waals surface area contributed by atoms with E-state index in [0.717, 1.165) is 56.9 Å². The van der Waals surface area contributed by atoms with Gasteiger partial charge in [-0.25, -0.2) is 0 Å². The number of anilines is 1. The minimum absolute atomic E-state index is 0.268. The first kappa shape index (κ1) is 17.1. The lowest BCUT2D eigenvalue weighted by Crippen LogP contribution is -2.54. The molecule has 0 bridgehead atoms. The summed E-state index contributed by atoms with van der Waals surface area (Å²) < 4.78 is 5.97. The van der Waals surface area contributed by atoms with E-state index in [-0.39, 0.29) is 12.0 Å². The third kappa shape index (κ3) is 3.91. The Kier molecular flexibility index (Phi) is 5.21. The van der Waals surface area contributed by atoms with Crippen LogP contribution in [0.15, 0.2) is 54.6 Å². The number of ether oxygens (including phenoxy) is 1. The smallest absolute Gasteiger partial charge is 0.226 e. The molecule has 26 heavy (non-hydrogen) atoms. The van der Waals surface area contributed by atoms with Crippen LogP contribution < -0.4 is 9.64 Å². The molecule has 2 fully saturated rings. The van der Waals surface area contributed by atoms with Gasteiger partial charge >= 0.3 is 0 Å². The van der Waals surface area contributed by atoms with Gasteiger partial charge in [-0.05, 0) is 43.0 Å². The van der Waals surface area contributed by atoms with Crippen molar-refractivity contribution < 1.29 is 9.53 Å². The Hall–Kier alpha value is -2.33. The number of likely N-dealkylation sites (tertiary alicyclic amines) is 1. The molecule has 2 aromatic rings. The number of rotatable bonds is 6. The first-order valence-electron chi connectivity index (χ1n) is 9.62. The van der Waals surface area contributed by atoms with Crippen molar-refractivity contribution >= 4 is 11.6 Å². The number of amides is 1. The van der Waals surface area contributed by atoms with E-state index in [1.165, 1.54) is 5.56 Å². The summed E-state index contributed by atoms with van der Waals surface area (Å²) in [6.45, 7) is 3.81. The molecule has 1 amide bonds. The van der Waals surface area contributed by atoms with Crippen LogP contribution in [0.3, 0.4) is 0 Å². The summed E-state index contributed by atoms with van der Waals surface area (Å²) in [5.74, 6) is 1.22. The maximum atomic E-state index is 12.3. The second kappa shape index (κ2) is 7.92. The van der Waals surface area contributed by atoms with Gasteiger partial charge in [0.2, 0.25) is 5.91 Å². The fourth-order valence-corrected chi connectivity index (χ4v) is 3.80. The summed E-state index contributed by atoms with van der Waals surface area (Å²) >= 11 is 0. The number of carbonyl (C=O) groups excluding carboxylic acids is 1. The minimum atomic E-state index is 0.268. The van der Waals surface area contributed by atoms with Crippen LogP contribution in [-0.4, -0.2) is 43.1 Å². The molecule has 0 aliphatic carbocycles. The van der Waals surface area contributed by atoms with Crippen molar-refractivity contribution in [3.63, 3.8) is 0 Å². The van der Waals surface area contributed by atoms with Crippen LogP contribution >= 0.6 is 0 Å². The van der Waals surface area contributed by atoms with E-state index < -0.39 is 0 Å². The van der Waals surface area contributed by atoms with Crippen molar-refractivity contribution in [3.05, 3.63) is 60.2 Å². The second-order valence-electron chi connectivity index (χ2n) is 7.19. The van der Waals surface area contributed by atoms with Gasteiger partial charge in [0.1, 0.15) is 11.9 Å². The van der Waals surface area contributed by atoms with E-state index in [4.69, 9.17) is 4.74 Å². The SMILES string of the molecule is O=C1CCCCN1c1ccccc1CCN1CC(Oc2ccccc2)C1. The van der Waals surface area contributed by atoms with Crippen LogP contribution in [0.5, 0.6) is 5.75 Å². The van der Waals surface area contributed by atoms with Gasteiger partial charge in [-0.3, -0.25) is 9.69 Å². The van der Waals surface area contributed by atoms with Crippen LogP contribution in [-0.2, 0) is 11.2 Å². The zero-order valence-corrected chi connectivity index (χ0v) is 15.1. The molecule has 2 aliphatic rings. The van der Waals surface area contributed by atoms with Crippen molar-refractivity contribution in [2.45, 2.75) is 31.8 Å². The molecule has 0 atom stereocenters. The van der Waals surface area contributed by atoms with Gasteiger partial charge in [0.25, 0.3) is 0 Å². The number of hydrogen-bond donors (Lipinski definition) is 0. The third-order valence-electron chi connectivity index (χ3n) is 5.27. The Bertz CT molecular complexity index is 741. The molecule has 2 aromatic carbocycles. The second-order valence-corrected chi connectivity index (χ2v) is 7.19. The third-order valence-corrected chi connectivity index (χ3v) is 5.27. The van der Waals surface area contributed by atoms with Gasteiger partial charge < -0.3 is 9.64 Å². The van der Waals surface area contributed by atoms with Crippen molar-refractivity contribution in [2.75, 3.05) is 31.1 Å². The van der Waals surface area contributed by atoms with Crippen LogP contribution in [0, 0.1) is 0 Å². The summed E-state index contributed by atoms with van der Waals surface area (Å²) in [6.07, 6.45) is 4.06. The van der Waals surface area contributed by atoms with Crippen molar-refractivity contribution in [2.24, 2.45) is 0 Å². The summed E-state index contributed by atoms with van der Waals surface area (Å²) in [6, 6.07) is 18.4. The van der Waals surface area contributed by atoms with E-state index >= 15 is 0 Å². The number of piperidine rings is 1. The van der Waals surface area contributed by atoms with Crippen molar-refractivity contribution in [3.8, 4) is 5.75 Å².